The summed E-state index contributed by atoms with van der Waals surface area (Å²) in [6.45, 7) is 2.85. The molecule has 9 nitrogen and oxygen atoms in total. The summed E-state index contributed by atoms with van der Waals surface area (Å²) in [6, 6.07) is 7.04. The van der Waals surface area contributed by atoms with Crippen LogP contribution < -0.4 is 4.90 Å². The SMILES string of the molecule is O=C(O)C(=O)O.O=C1CCCCN1c1ncc(C(F)(F)F)cc1CCN1CCC(c2ccccn2)C1. The molecule has 0 aliphatic carbocycles. The highest BCUT2D eigenvalue weighted by Gasteiger charge is 2.33. The lowest BCUT2D eigenvalue weighted by Crippen LogP contribution is -2.37. The third-order valence-corrected chi connectivity index (χ3v) is 6.11. The summed E-state index contributed by atoms with van der Waals surface area (Å²) in [5.41, 5.74) is 0.778. The van der Waals surface area contributed by atoms with Crippen LogP contribution in [-0.4, -0.2) is 69.1 Å². The van der Waals surface area contributed by atoms with Crippen LogP contribution in [0.4, 0.5) is 19.0 Å². The number of aliphatic carboxylic acids is 2. The lowest BCUT2D eigenvalue weighted by molar-refractivity contribution is -0.159. The maximum atomic E-state index is 13.3. The lowest BCUT2D eigenvalue weighted by atomic mass is 10.0. The van der Waals surface area contributed by atoms with Gasteiger partial charge < -0.3 is 15.1 Å². The van der Waals surface area contributed by atoms with Gasteiger partial charge in [0.15, 0.2) is 0 Å². The topological polar surface area (TPSA) is 124 Å². The fourth-order valence-electron chi connectivity index (χ4n) is 4.29. The van der Waals surface area contributed by atoms with Crippen LogP contribution in [-0.2, 0) is 27.0 Å². The summed E-state index contributed by atoms with van der Waals surface area (Å²) in [4.78, 5) is 42.9. The van der Waals surface area contributed by atoms with Gasteiger partial charge in [-0.15, -0.1) is 0 Å². The van der Waals surface area contributed by atoms with Crippen molar-refractivity contribution in [2.75, 3.05) is 31.1 Å². The number of hydrogen-bond donors (Lipinski definition) is 2. The van der Waals surface area contributed by atoms with Gasteiger partial charge in [-0.2, -0.15) is 13.2 Å². The van der Waals surface area contributed by atoms with Gasteiger partial charge in [-0.1, -0.05) is 6.07 Å². The number of carboxylic acid groups (broad SMARTS) is 2. The van der Waals surface area contributed by atoms with Gasteiger partial charge in [0.1, 0.15) is 5.82 Å². The van der Waals surface area contributed by atoms with Crippen LogP contribution in [0.1, 0.15) is 48.4 Å². The van der Waals surface area contributed by atoms with Crippen molar-refractivity contribution in [3.05, 3.63) is 53.5 Å². The Bertz CT molecular complexity index is 1070. The molecule has 0 aromatic carbocycles. The van der Waals surface area contributed by atoms with Crippen molar-refractivity contribution in [3.8, 4) is 0 Å². The quantitative estimate of drug-likeness (QED) is 0.591. The van der Waals surface area contributed by atoms with Gasteiger partial charge >= 0.3 is 18.1 Å². The largest absolute Gasteiger partial charge is 0.473 e. The molecule has 1 atom stereocenters. The van der Waals surface area contributed by atoms with Gasteiger partial charge in [0.05, 0.1) is 5.56 Å². The summed E-state index contributed by atoms with van der Waals surface area (Å²) < 4.78 is 39.8. The summed E-state index contributed by atoms with van der Waals surface area (Å²) in [5.74, 6) is -2.99. The zero-order chi connectivity index (χ0) is 26.3. The fourth-order valence-corrected chi connectivity index (χ4v) is 4.29. The van der Waals surface area contributed by atoms with Gasteiger partial charge in [-0.3, -0.25) is 14.7 Å². The van der Waals surface area contributed by atoms with Crippen LogP contribution in [0.3, 0.4) is 0 Å². The second-order valence-corrected chi connectivity index (χ2v) is 8.61. The van der Waals surface area contributed by atoms with E-state index in [1.807, 2.05) is 18.2 Å². The minimum atomic E-state index is -4.45. The van der Waals surface area contributed by atoms with Crippen LogP contribution in [0.25, 0.3) is 0 Å². The first kappa shape index (κ1) is 27.1. The first-order valence-electron chi connectivity index (χ1n) is 11.5. The average Bonchev–Trinajstić information content (AvgIpc) is 3.32. The van der Waals surface area contributed by atoms with Crippen LogP contribution in [0.15, 0.2) is 36.7 Å². The standard InChI is InChI=1S/C22H25F3N4O.C2H2O4/c23-22(24,25)18-13-16(21(27-14-18)29-10-4-2-6-20(29)30)7-11-28-12-8-17(15-28)19-5-1-3-9-26-19;3-1(4)2(5)6/h1,3,5,9,13-14,17H,2,4,6-8,10-12,15H2;(H,3,4)(H,5,6). The molecule has 36 heavy (non-hydrogen) atoms. The molecule has 4 heterocycles. The second kappa shape index (κ2) is 11.9. The van der Waals surface area contributed by atoms with Crippen molar-refractivity contribution in [1.82, 2.24) is 14.9 Å². The fraction of sp³-hybridized carbons (Fsp3) is 0.458. The number of piperidine rings is 1. The molecule has 2 N–H and O–H groups in total. The number of anilines is 1. The summed E-state index contributed by atoms with van der Waals surface area (Å²) in [5, 5.41) is 14.8. The van der Waals surface area contributed by atoms with Gasteiger partial charge in [0.2, 0.25) is 5.91 Å². The molecule has 0 bridgehead atoms. The number of rotatable bonds is 5. The smallest absolute Gasteiger partial charge is 0.417 e. The van der Waals surface area contributed by atoms with Gasteiger partial charge in [-0.25, -0.2) is 14.6 Å². The molecule has 2 aromatic heterocycles. The number of nitrogens with zero attached hydrogens (tertiary/aromatic N) is 4. The third kappa shape index (κ3) is 7.23. The third-order valence-electron chi connectivity index (χ3n) is 6.11. The number of halogens is 3. The Balaban J connectivity index is 0.000000538. The second-order valence-electron chi connectivity index (χ2n) is 8.61. The first-order chi connectivity index (χ1) is 17.1. The molecule has 4 rings (SSSR count). The predicted octanol–water partition coefficient (Wildman–Crippen LogP) is 3.20. The molecule has 0 saturated carbocycles. The number of carbonyl (C=O) groups excluding carboxylic acids is 1. The number of likely N-dealkylation sites (tertiary alicyclic amines) is 1. The lowest BCUT2D eigenvalue weighted by Gasteiger charge is -2.28. The highest BCUT2D eigenvalue weighted by Crippen LogP contribution is 2.33. The van der Waals surface area contributed by atoms with Gasteiger partial charge in [0, 0.05) is 50.1 Å². The molecule has 1 unspecified atom stereocenters. The van der Waals surface area contributed by atoms with Crippen LogP contribution in [0.2, 0.25) is 0 Å². The zero-order valence-electron chi connectivity index (χ0n) is 19.4. The molecule has 12 heteroatoms. The van der Waals surface area contributed by atoms with Crippen molar-refractivity contribution < 1.29 is 37.8 Å². The number of hydrogen-bond acceptors (Lipinski definition) is 6. The molecule has 2 aromatic rings. The van der Waals surface area contributed by atoms with E-state index in [4.69, 9.17) is 19.8 Å². The number of carbonyl (C=O) groups is 3. The van der Waals surface area contributed by atoms with E-state index in [0.717, 1.165) is 50.3 Å². The number of carboxylic acids is 2. The monoisotopic (exact) mass is 508 g/mol. The number of alkyl halides is 3. The number of aromatic nitrogens is 2. The van der Waals surface area contributed by atoms with E-state index in [1.165, 1.54) is 0 Å². The highest BCUT2D eigenvalue weighted by atomic mass is 19.4. The van der Waals surface area contributed by atoms with E-state index >= 15 is 0 Å². The molecular formula is C24H27F3N4O5. The Kier molecular flexibility index (Phi) is 8.97. The van der Waals surface area contributed by atoms with Crippen molar-refractivity contribution in [2.24, 2.45) is 0 Å². The van der Waals surface area contributed by atoms with Gasteiger partial charge in [0.25, 0.3) is 0 Å². The first-order valence-corrected chi connectivity index (χ1v) is 11.5. The van der Waals surface area contributed by atoms with Gasteiger partial charge in [-0.05, 0) is 56.0 Å². The molecule has 0 spiro atoms. The number of pyridine rings is 2. The average molecular weight is 508 g/mol. The highest BCUT2D eigenvalue weighted by molar-refractivity contribution is 6.27. The van der Waals surface area contributed by atoms with Crippen molar-refractivity contribution >= 4 is 23.7 Å². The molecule has 1 amide bonds. The van der Waals surface area contributed by atoms with Crippen LogP contribution in [0, 0.1) is 0 Å². The van der Waals surface area contributed by atoms with E-state index in [1.54, 1.807) is 11.1 Å². The maximum Gasteiger partial charge on any atom is 0.417 e. The molecule has 194 valence electrons. The normalized spacial score (nSPS) is 18.5. The Morgan fingerprint density at radius 2 is 1.83 bits per heavy atom. The van der Waals surface area contributed by atoms with E-state index in [2.05, 4.69) is 14.9 Å². The Morgan fingerprint density at radius 3 is 2.44 bits per heavy atom. The minimum absolute atomic E-state index is 0.0638. The van der Waals surface area contributed by atoms with Crippen LogP contribution >= 0.6 is 0 Å². The van der Waals surface area contributed by atoms with Crippen molar-refractivity contribution in [3.63, 3.8) is 0 Å². The Labute approximate surface area is 205 Å². The molecular weight excluding hydrogens is 481 g/mol. The van der Waals surface area contributed by atoms with Crippen molar-refractivity contribution in [2.45, 2.75) is 44.2 Å². The zero-order valence-corrected chi connectivity index (χ0v) is 19.4. The molecule has 2 fully saturated rings. The van der Waals surface area contributed by atoms with E-state index in [-0.39, 0.29) is 5.91 Å². The Hall–Kier alpha value is -3.54. The Morgan fingerprint density at radius 1 is 1.08 bits per heavy atom. The van der Waals surface area contributed by atoms with E-state index < -0.39 is 23.7 Å². The minimum Gasteiger partial charge on any atom is -0.473 e. The maximum absolute atomic E-state index is 13.3. The summed E-state index contributed by atoms with van der Waals surface area (Å²) in [7, 11) is 0. The molecule has 2 aliphatic rings. The predicted molar refractivity (Wildman–Crippen MR) is 122 cm³/mol. The number of amides is 1. The molecule has 0 radical (unpaired) electrons. The van der Waals surface area contributed by atoms with E-state index in [0.29, 0.717) is 43.2 Å². The van der Waals surface area contributed by atoms with Crippen molar-refractivity contribution in [1.29, 1.82) is 0 Å². The molecule has 2 aliphatic heterocycles. The summed E-state index contributed by atoms with van der Waals surface area (Å²) >= 11 is 0. The van der Waals surface area contributed by atoms with Crippen LogP contribution in [0.5, 0.6) is 0 Å². The van der Waals surface area contributed by atoms with E-state index in [9.17, 15) is 18.0 Å². The summed E-state index contributed by atoms with van der Waals surface area (Å²) in [6.07, 6.45) is 1.64. The molecule has 2 saturated heterocycles.